The Balaban J connectivity index is -0.00000117. The Morgan fingerprint density at radius 1 is 1.14 bits per heavy atom. The summed E-state index contributed by atoms with van der Waals surface area (Å²) in [5.74, 6) is 0. The fourth-order valence-electron chi connectivity index (χ4n) is 2.40. The van der Waals surface area contributed by atoms with Crippen molar-refractivity contribution in [3.8, 4) is 0 Å². The van der Waals surface area contributed by atoms with E-state index in [0.29, 0.717) is 6.61 Å². The first kappa shape index (κ1) is 32.3. The van der Waals surface area contributed by atoms with Crippen molar-refractivity contribution < 1.29 is 37.4 Å². The van der Waals surface area contributed by atoms with Gasteiger partial charge in [-0.1, -0.05) is 52.0 Å². The Kier molecular flexibility index (Phi) is 26.4. The Morgan fingerprint density at radius 3 is 2.36 bits per heavy atom. The molecule has 1 aromatic carbocycles. The molecule has 3 heteroatoms. The molecule has 0 aliphatic rings. The maximum Gasteiger partial charge on any atom is 0.0642 e. The number of ether oxygens (including phenoxy) is 1. The molecular weight excluding hydrogens is 419 g/mol. The van der Waals surface area contributed by atoms with Crippen molar-refractivity contribution in [3.05, 3.63) is 65.6 Å². The number of aryl methyl sites for hydroxylation is 1. The molecule has 0 aliphatic carbocycles. The molecule has 1 N–H and O–H groups in total. The first-order valence-corrected chi connectivity index (χ1v) is 10.6. The van der Waals surface area contributed by atoms with Crippen LogP contribution in [0.5, 0.6) is 0 Å². The maximum atomic E-state index is 5.58. The van der Waals surface area contributed by atoms with Gasteiger partial charge in [0, 0.05) is 39.3 Å². The van der Waals surface area contributed by atoms with Crippen molar-refractivity contribution in [1.29, 1.82) is 0 Å². The molecule has 0 atom stereocenters. The Hall–Kier alpha value is -0.406. The quantitative estimate of drug-likeness (QED) is 0.230. The van der Waals surface area contributed by atoms with E-state index < -0.39 is 0 Å². The van der Waals surface area contributed by atoms with Crippen LogP contribution in [0, 0.1) is 20.8 Å². The molecule has 0 bridgehead atoms. The zero-order valence-electron chi connectivity index (χ0n) is 19.8. The zero-order chi connectivity index (χ0) is 21.1. The molecule has 0 spiro atoms. The van der Waals surface area contributed by atoms with Gasteiger partial charge in [0.15, 0.2) is 0 Å². The smallest absolute Gasteiger partial charge is 0.0642 e. The van der Waals surface area contributed by atoms with Crippen LogP contribution in [0.4, 0.5) is 0 Å². The Morgan fingerprint density at radius 2 is 1.79 bits per heavy atom. The molecular formula is C25H44NOY-. The SMILES string of the molecule is CC.CC.[CH2-]/C=C\C(=C/COC(C)C)CCCNCc1cccc(C)c1C.[Y]. The van der Waals surface area contributed by atoms with Gasteiger partial charge in [0.1, 0.15) is 0 Å². The Bertz CT molecular complexity index is 521. The summed E-state index contributed by atoms with van der Waals surface area (Å²) < 4.78 is 5.58. The van der Waals surface area contributed by atoms with Gasteiger partial charge in [0.2, 0.25) is 0 Å². The summed E-state index contributed by atoms with van der Waals surface area (Å²) in [6.45, 7) is 22.9. The van der Waals surface area contributed by atoms with E-state index in [2.05, 4.69) is 70.3 Å². The number of hydrogen-bond acceptors (Lipinski definition) is 2. The van der Waals surface area contributed by atoms with Crippen molar-refractivity contribution in [2.24, 2.45) is 0 Å². The van der Waals surface area contributed by atoms with E-state index in [-0.39, 0.29) is 38.8 Å². The molecule has 159 valence electrons. The number of nitrogens with one attached hydrogen (secondary N) is 1. The van der Waals surface area contributed by atoms with Crippen LogP contribution in [0.1, 0.15) is 71.1 Å². The third kappa shape index (κ3) is 16.5. The molecule has 1 aromatic rings. The van der Waals surface area contributed by atoms with Gasteiger partial charge in [-0.2, -0.15) is 0 Å². The van der Waals surface area contributed by atoms with E-state index in [9.17, 15) is 0 Å². The molecule has 0 unspecified atom stereocenters. The van der Waals surface area contributed by atoms with Crippen LogP contribution in [0.2, 0.25) is 0 Å². The second-order valence-electron chi connectivity index (χ2n) is 6.20. The second kappa shape index (κ2) is 22.9. The number of benzene rings is 1. The molecule has 0 saturated carbocycles. The first-order valence-electron chi connectivity index (χ1n) is 10.6. The third-order valence-corrected chi connectivity index (χ3v) is 3.96. The molecule has 0 saturated heterocycles. The molecule has 0 amide bonds. The largest absolute Gasteiger partial charge is 0.375 e. The van der Waals surface area contributed by atoms with E-state index in [1.54, 1.807) is 0 Å². The van der Waals surface area contributed by atoms with E-state index in [0.717, 1.165) is 25.9 Å². The number of hydrogen-bond donors (Lipinski definition) is 1. The van der Waals surface area contributed by atoms with Crippen LogP contribution in [-0.2, 0) is 44.0 Å². The summed E-state index contributed by atoms with van der Waals surface area (Å²) in [7, 11) is 0. The number of allylic oxidation sites excluding steroid dienone is 3. The molecule has 0 aromatic heterocycles. The van der Waals surface area contributed by atoms with E-state index in [1.807, 2.05) is 33.8 Å². The number of rotatable bonds is 10. The van der Waals surface area contributed by atoms with E-state index >= 15 is 0 Å². The van der Waals surface area contributed by atoms with Gasteiger partial charge in [-0.3, -0.25) is 0 Å². The molecule has 0 heterocycles. The second-order valence-corrected chi connectivity index (χ2v) is 6.20. The summed E-state index contributed by atoms with van der Waals surface area (Å²) >= 11 is 0. The molecule has 1 rings (SSSR count). The van der Waals surface area contributed by atoms with Gasteiger partial charge in [-0.25, -0.2) is 19.1 Å². The fourth-order valence-corrected chi connectivity index (χ4v) is 2.40. The minimum atomic E-state index is 0. The standard InChI is InChI=1S/C21H32NO.2C2H6.Y/c1-6-9-20(13-15-23-17(2)3)11-8-14-22-16-21-12-7-10-18(4)19(21)5;2*1-2;/h6-7,9-10,12-13,17,22H,1,8,11,14-16H2,2-5H3;2*1-2H3;/q-1;;;/b9-6-,20-13+;;;. The summed E-state index contributed by atoms with van der Waals surface area (Å²) in [6.07, 6.45) is 8.53. The van der Waals surface area contributed by atoms with E-state index in [4.69, 9.17) is 4.74 Å². The van der Waals surface area contributed by atoms with Gasteiger partial charge in [0.25, 0.3) is 0 Å². The molecule has 2 nitrogen and oxygen atoms in total. The molecule has 1 radical (unpaired) electrons. The van der Waals surface area contributed by atoms with Crippen molar-refractivity contribution in [3.63, 3.8) is 0 Å². The van der Waals surface area contributed by atoms with Gasteiger partial charge in [-0.05, 0) is 63.8 Å². The van der Waals surface area contributed by atoms with Crippen molar-refractivity contribution >= 4 is 0 Å². The zero-order valence-corrected chi connectivity index (χ0v) is 22.6. The van der Waals surface area contributed by atoms with Crippen LogP contribution in [0.25, 0.3) is 0 Å². The minimum absolute atomic E-state index is 0. The molecule has 0 aliphatic heterocycles. The predicted molar refractivity (Wildman–Crippen MR) is 123 cm³/mol. The van der Waals surface area contributed by atoms with Crippen LogP contribution < -0.4 is 5.32 Å². The summed E-state index contributed by atoms with van der Waals surface area (Å²) in [4.78, 5) is 0. The van der Waals surface area contributed by atoms with Gasteiger partial charge >= 0.3 is 0 Å². The van der Waals surface area contributed by atoms with Crippen molar-refractivity contribution in [2.75, 3.05) is 13.2 Å². The summed E-state index contributed by atoms with van der Waals surface area (Å²) in [5, 5.41) is 3.54. The van der Waals surface area contributed by atoms with Gasteiger partial charge in [0.05, 0.1) is 12.7 Å². The van der Waals surface area contributed by atoms with Crippen LogP contribution in [0.3, 0.4) is 0 Å². The predicted octanol–water partition coefficient (Wildman–Crippen LogP) is 6.96. The fraction of sp³-hybridized carbons (Fsp3) is 0.560. The minimum Gasteiger partial charge on any atom is -0.375 e. The van der Waals surface area contributed by atoms with Crippen molar-refractivity contribution in [2.45, 2.75) is 80.9 Å². The topological polar surface area (TPSA) is 21.3 Å². The first-order chi connectivity index (χ1) is 13.0. The van der Waals surface area contributed by atoms with Gasteiger partial charge in [-0.15, -0.1) is 5.57 Å². The van der Waals surface area contributed by atoms with Gasteiger partial charge < -0.3 is 10.1 Å². The van der Waals surface area contributed by atoms with Crippen LogP contribution >= 0.6 is 0 Å². The molecule has 28 heavy (non-hydrogen) atoms. The summed E-state index contributed by atoms with van der Waals surface area (Å²) in [6, 6.07) is 6.50. The Labute approximate surface area is 201 Å². The monoisotopic (exact) mass is 463 g/mol. The maximum absolute atomic E-state index is 5.58. The normalized spacial score (nSPS) is 10.7. The summed E-state index contributed by atoms with van der Waals surface area (Å²) in [5.41, 5.74) is 5.45. The average Bonchev–Trinajstić information content (AvgIpc) is 2.67. The third-order valence-electron chi connectivity index (χ3n) is 3.96. The average molecular weight is 464 g/mol. The van der Waals surface area contributed by atoms with Crippen LogP contribution in [-0.4, -0.2) is 19.3 Å². The molecule has 0 fully saturated rings. The van der Waals surface area contributed by atoms with E-state index in [1.165, 1.54) is 22.3 Å². The van der Waals surface area contributed by atoms with Crippen LogP contribution in [0.15, 0.2) is 42.0 Å². The van der Waals surface area contributed by atoms with Crippen molar-refractivity contribution in [1.82, 2.24) is 5.32 Å².